The lowest BCUT2D eigenvalue weighted by molar-refractivity contribution is 0.660. The molecular weight excluding hydrogens is 1020 g/mol. The highest BCUT2D eigenvalue weighted by Gasteiger charge is 2.37. The summed E-state index contributed by atoms with van der Waals surface area (Å²) < 4.78 is 1.16. The molecule has 382 valence electrons. The lowest BCUT2D eigenvalue weighted by atomic mass is 9.80. The van der Waals surface area contributed by atoms with Gasteiger partial charge in [0, 0.05) is 15.3 Å². The SMILES string of the molecule is C.C.CC1(C)c2ccccc2-c2ccc(-c3c4ccccc4c(-c4ccccc4)c4ccc(-c5ccccc5)cc34)cc21.CC1(C)c2ccccc2-c2ccc(-c3c4ccccc4c(Br)c4ccc(-c5ccccc5)cc34)cc21. The van der Waals surface area contributed by atoms with Gasteiger partial charge in [0.25, 0.3) is 0 Å². The molecule has 0 aliphatic heterocycles. The monoisotopic (exact) mass is 1080 g/mol. The summed E-state index contributed by atoms with van der Waals surface area (Å²) in [7, 11) is 0. The first-order chi connectivity index (χ1) is 37.6. The average molecular weight is 1080 g/mol. The van der Waals surface area contributed by atoms with Gasteiger partial charge in [0.15, 0.2) is 0 Å². The molecule has 0 radical (unpaired) electrons. The Hall–Kier alpha value is -8.62. The molecule has 0 heterocycles. The van der Waals surface area contributed by atoms with Crippen LogP contribution >= 0.6 is 15.9 Å². The lowest BCUT2D eigenvalue weighted by Gasteiger charge is -2.23. The van der Waals surface area contributed by atoms with E-state index < -0.39 is 0 Å². The number of fused-ring (bicyclic) bond motifs is 10. The minimum absolute atomic E-state index is 0. The average Bonchev–Trinajstić information content (AvgIpc) is 4.07. The third-order valence-electron chi connectivity index (χ3n) is 17.0. The number of hydrogen-bond acceptors (Lipinski definition) is 0. The maximum Gasteiger partial charge on any atom is 0.0332 e. The van der Waals surface area contributed by atoms with E-state index in [1.54, 1.807) is 0 Å². The minimum Gasteiger partial charge on any atom is -0.0776 e. The van der Waals surface area contributed by atoms with Crippen molar-refractivity contribution in [1.82, 2.24) is 0 Å². The van der Waals surface area contributed by atoms with Gasteiger partial charge in [-0.15, -0.1) is 0 Å². The van der Waals surface area contributed by atoms with Crippen molar-refractivity contribution < 1.29 is 0 Å². The van der Waals surface area contributed by atoms with E-state index >= 15 is 0 Å². The Balaban J connectivity index is 0.000000155. The predicted molar refractivity (Wildman–Crippen MR) is 346 cm³/mol. The smallest absolute Gasteiger partial charge is 0.0332 e. The molecule has 2 aliphatic carbocycles. The molecule has 0 nitrogen and oxygen atoms in total. The van der Waals surface area contributed by atoms with Crippen LogP contribution in [0, 0.1) is 0 Å². The molecule has 0 amide bonds. The van der Waals surface area contributed by atoms with Crippen LogP contribution in [-0.4, -0.2) is 0 Å². The molecule has 0 fully saturated rings. The van der Waals surface area contributed by atoms with Crippen molar-refractivity contribution in [2.75, 3.05) is 0 Å². The molecule has 79 heavy (non-hydrogen) atoms. The molecule has 0 N–H and O–H groups in total. The van der Waals surface area contributed by atoms with Crippen LogP contribution in [0.3, 0.4) is 0 Å². The highest BCUT2D eigenvalue weighted by molar-refractivity contribution is 9.10. The summed E-state index contributed by atoms with van der Waals surface area (Å²) in [5.41, 5.74) is 23.6. The maximum absolute atomic E-state index is 3.96. The quantitative estimate of drug-likeness (QED) is 0.151. The van der Waals surface area contributed by atoms with Crippen LogP contribution in [0.2, 0.25) is 0 Å². The number of hydrogen-bond donors (Lipinski definition) is 0. The predicted octanol–water partition coefficient (Wildman–Crippen LogP) is 23.0. The van der Waals surface area contributed by atoms with Gasteiger partial charge >= 0.3 is 0 Å². The minimum atomic E-state index is -0.0489. The van der Waals surface area contributed by atoms with Crippen molar-refractivity contribution in [3.05, 3.63) is 288 Å². The zero-order valence-electron chi connectivity index (χ0n) is 43.7. The Kier molecular flexibility index (Phi) is 12.9. The van der Waals surface area contributed by atoms with Crippen LogP contribution in [0.25, 0.3) is 121 Å². The Morgan fingerprint density at radius 1 is 0.228 bits per heavy atom. The Morgan fingerprint density at radius 3 is 1.00 bits per heavy atom. The Morgan fingerprint density at radius 2 is 0.532 bits per heavy atom. The molecule has 13 aromatic carbocycles. The van der Waals surface area contributed by atoms with Gasteiger partial charge < -0.3 is 0 Å². The van der Waals surface area contributed by atoms with Crippen LogP contribution in [-0.2, 0) is 10.8 Å². The normalized spacial score (nSPS) is 13.1. The molecule has 0 saturated heterocycles. The van der Waals surface area contributed by atoms with Crippen LogP contribution in [0.15, 0.2) is 265 Å². The van der Waals surface area contributed by atoms with E-state index in [0.29, 0.717) is 0 Å². The summed E-state index contributed by atoms with van der Waals surface area (Å²) >= 11 is 3.96. The van der Waals surface area contributed by atoms with Gasteiger partial charge in [-0.05, 0) is 183 Å². The molecule has 0 saturated carbocycles. The second-order valence-corrected chi connectivity index (χ2v) is 22.8. The van der Waals surface area contributed by atoms with Gasteiger partial charge in [-0.25, -0.2) is 0 Å². The zero-order chi connectivity index (χ0) is 52.0. The second-order valence-electron chi connectivity index (χ2n) is 22.0. The first-order valence-electron chi connectivity index (χ1n) is 26.9. The van der Waals surface area contributed by atoms with Gasteiger partial charge in [0.1, 0.15) is 0 Å². The van der Waals surface area contributed by atoms with E-state index in [4.69, 9.17) is 0 Å². The fourth-order valence-corrected chi connectivity index (χ4v) is 13.9. The van der Waals surface area contributed by atoms with E-state index in [1.165, 1.54) is 143 Å². The van der Waals surface area contributed by atoms with Crippen molar-refractivity contribution in [2.24, 2.45) is 0 Å². The molecule has 0 aromatic heterocycles. The molecule has 1 heteroatoms. The molecular formula is C78H63Br. The molecule has 0 unspecified atom stereocenters. The lowest BCUT2D eigenvalue weighted by Crippen LogP contribution is -2.14. The molecule has 0 spiro atoms. The fourth-order valence-electron chi connectivity index (χ4n) is 13.2. The molecule has 0 atom stereocenters. The van der Waals surface area contributed by atoms with Gasteiger partial charge in [-0.2, -0.15) is 0 Å². The molecule has 13 aromatic rings. The topological polar surface area (TPSA) is 0 Å². The van der Waals surface area contributed by atoms with Crippen LogP contribution in [0.5, 0.6) is 0 Å². The maximum atomic E-state index is 3.96. The summed E-state index contributed by atoms with van der Waals surface area (Å²) in [6.07, 6.45) is 0. The number of halogens is 1. The van der Waals surface area contributed by atoms with Crippen LogP contribution in [0.4, 0.5) is 0 Å². The molecule has 2 aliphatic rings. The van der Waals surface area contributed by atoms with E-state index in [1.807, 2.05) is 0 Å². The highest BCUT2D eigenvalue weighted by atomic mass is 79.9. The zero-order valence-corrected chi connectivity index (χ0v) is 45.3. The highest BCUT2D eigenvalue weighted by Crippen LogP contribution is 2.53. The third kappa shape index (κ3) is 8.25. The van der Waals surface area contributed by atoms with E-state index in [2.05, 4.69) is 304 Å². The molecule has 0 bridgehead atoms. The standard InChI is InChI=1S/C41H30.C35H25Br.2CH4/c1-41(2)37-20-12-11-17-31(37)32-23-22-30(26-38(32)41)40-34-19-10-9-18-33(34)39(28-15-7-4-8-16-28)35-24-21-29(25-36(35)40)27-13-5-3-6-14-27;1-35(2)31-15-9-8-12-25(31)26-18-17-24(21-32(26)35)33-27-13-6-7-14-28(27)34(36)29-19-16-23(20-30(29)33)22-10-4-3-5-11-22;;/h3-26H,1-2H3;3-21H,1-2H3;2*1H4. The van der Waals surface area contributed by atoms with Crippen molar-refractivity contribution in [3.63, 3.8) is 0 Å². The van der Waals surface area contributed by atoms with Gasteiger partial charge in [0.2, 0.25) is 0 Å². The summed E-state index contributed by atoms with van der Waals surface area (Å²) in [5.74, 6) is 0. The third-order valence-corrected chi connectivity index (χ3v) is 17.9. The summed E-state index contributed by atoms with van der Waals surface area (Å²) in [6.45, 7) is 9.44. The number of benzene rings is 13. The first kappa shape index (κ1) is 51.2. The Labute approximate surface area is 474 Å². The summed E-state index contributed by atoms with van der Waals surface area (Å²) in [5, 5.41) is 10.2. The van der Waals surface area contributed by atoms with Gasteiger partial charge in [-0.3, -0.25) is 0 Å². The van der Waals surface area contributed by atoms with Crippen LogP contribution in [0.1, 0.15) is 64.8 Å². The first-order valence-corrected chi connectivity index (χ1v) is 27.7. The van der Waals surface area contributed by atoms with E-state index in [9.17, 15) is 0 Å². The van der Waals surface area contributed by atoms with Crippen molar-refractivity contribution in [2.45, 2.75) is 53.4 Å². The van der Waals surface area contributed by atoms with Crippen molar-refractivity contribution in [3.8, 4) is 77.9 Å². The summed E-state index contributed by atoms with van der Waals surface area (Å²) in [4.78, 5) is 0. The Bertz CT molecular complexity index is 4490. The molecule has 15 rings (SSSR count). The van der Waals surface area contributed by atoms with Crippen molar-refractivity contribution in [1.29, 1.82) is 0 Å². The second kappa shape index (κ2) is 20.0. The van der Waals surface area contributed by atoms with Gasteiger partial charge in [0.05, 0.1) is 0 Å². The summed E-state index contributed by atoms with van der Waals surface area (Å²) in [6, 6.07) is 95.9. The van der Waals surface area contributed by atoms with E-state index in [0.717, 1.165) is 4.47 Å². The largest absolute Gasteiger partial charge is 0.0776 e. The van der Waals surface area contributed by atoms with Crippen LogP contribution < -0.4 is 0 Å². The fraction of sp³-hybridized carbons (Fsp3) is 0.103. The number of rotatable bonds is 5. The van der Waals surface area contributed by atoms with Gasteiger partial charge in [-0.1, -0.05) is 279 Å². The van der Waals surface area contributed by atoms with E-state index in [-0.39, 0.29) is 25.7 Å². The van der Waals surface area contributed by atoms with Crippen molar-refractivity contribution >= 4 is 59.0 Å².